The number of aliphatic hydroxyl groups is 1. The molecular formula is C19H19NO. The summed E-state index contributed by atoms with van der Waals surface area (Å²) in [7, 11) is 0. The molecule has 1 heterocycles. The van der Waals surface area contributed by atoms with Gasteiger partial charge in [0.05, 0.1) is 5.52 Å². The van der Waals surface area contributed by atoms with Crippen molar-refractivity contribution in [2.75, 3.05) is 0 Å². The van der Waals surface area contributed by atoms with E-state index in [4.69, 9.17) is 0 Å². The van der Waals surface area contributed by atoms with Crippen LogP contribution in [0.15, 0.2) is 60.8 Å². The van der Waals surface area contributed by atoms with E-state index in [2.05, 4.69) is 24.0 Å². The molecule has 0 radical (unpaired) electrons. The summed E-state index contributed by atoms with van der Waals surface area (Å²) in [5.41, 5.74) is 4.04. The number of fused-ring (bicyclic) bond motifs is 1. The van der Waals surface area contributed by atoms with Crippen molar-refractivity contribution >= 4 is 10.9 Å². The molecule has 0 bridgehead atoms. The van der Waals surface area contributed by atoms with Gasteiger partial charge in [-0.2, -0.15) is 0 Å². The van der Waals surface area contributed by atoms with Crippen LogP contribution < -0.4 is 0 Å². The Morgan fingerprint density at radius 3 is 2.76 bits per heavy atom. The Kier molecular flexibility index (Phi) is 3.98. The van der Waals surface area contributed by atoms with E-state index in [0.717, 1.165) is 34.9 Å². The Labute approximate surface area is 125 Å². The molecule has 0 spiro atoms. The second-order valence-electron chi connectivity index (χ2n) is 5.31. The first-order valence-corrected chi connectivity index (χ1v) is 7.40. The highest BCUT2D eigenvalue weighted by molar-refractivity contribution is 5.82. The van der Waals surface area contributed by atoms with Gasteiger partial charge in [-0.05, 0) is 35.2 Å². The third-order valence-corrected chi connectivity index (χ3v) is 3.78. The standard InChI is InChI=1S/C19H19NO/c1-2-6-14-7-3-8-15(13-14)19(21)17-9-4-11-18-16(17)10-5-12-20-18/h3-5,7-13,19,21H,2,6H2,1H3. The first kappa shape index (κ1) is 13.8. The first-order chi connectivity index (χ1) is 10.3. The van der Waals surface area contributed by atoms with E-state index < -0.39 is 6.10 Å². The van der Waals surface area contributed by atoms with Crippen molar-refractivity contribution in [3.63, 3.8) is 0 Å². The van der Waals surface area contributed by atoms with Gasteiger partial charge in [-0.3, -0.25) is 4.98 Å². The predicted molar refractivity (Wildman–Crippen MR) is 86.2 cm³/mol. The minimum atomic E-state index is -0.616. The zero-order chi connectivity index (χ0) is 14.7. The minimum absolute atomic E-state index is 0.616. The van der Waals surface area contributed by atoms with Crippen LogP contribution in [-0.4, -0.2) is 10.1 Å². The number of aliphatic hydroxyl groups excluding tert-OH is 1. The molecule has 0 aliphatic rings. The van der Waals surface area contributed by atoms with Gasteiger partial charge in [-0.25, -0.2) is 0 Å². The zero-order valence-electron chi connectivity index (χ0n) is 12.2. The van der Waals surface area contributed by atoms with E-state index in [-0.39, 0.29) is 0 Å². The average Bonchev–Trinajstić information content (AvgIpc) is 2.54. The Hall–Kier alpha value is -2.19. The quantitative estimate of drug-likeness (QED) is 0.772. The molecule has 1 atom stereocenters. The van der Waals surface area contributed by atoms with Crippen LogP contribution in [0.2, 0.25) is 0 Å². The number of benzene rings is 2. The van der Waals surface area contributed by atoms with E-state index >= 15 is 0 Å². The number of aryl methyl sites for hydroxylation is 1. The minimum Gasteiger partial charge on any atom is -0.384 e. The van der Waals surface area contributed by atoms with Gasteiger partial charge in [0.15, 0.2) is 0 Å². The second kappa shape index (κ2) is 6.06. The van der Waals surface area contributed by atoms with E-state index in [9.17, 15) is 5.11 Å². The van der Waals surface area contributed by atoms with E-state index in [1.54, 1.807) is 6.20 Å². The predicted octanol–water partition coefficient (Wildman–Crippen LogP) is 4.27. The van der Waals surface area contributed by atoms with Crippen LogP contribution in [0.4, 0.5) is 0 Å². The molecule has 3 rings (SSSR count). The SMILES string of the molecule is CCCc1cccc(C(O)c2cccc3ncccc23)c1. The number of hydrogen-bond donors (Lipinski definition) is 1. The van der Waals surface area contributed by atoms with Crippen LogP contribution in [0.5, 0.6) is 0 Å². The van der Waals surface area contributed by atoms with Crippen molar-refractivity contribution in [2.45, 2.75) is 25.9 Å². The topological polar surface area (TPSA) is 33.1 Å². The summed E-state index contributed by atoms with van der Waals surface area (Å²) >= 11 is 0. The maximum absolute atomic E-state index is 10.8. The fraction of sp³-hybridized carbons (Fsp3) is 0.211. The van der Waals surface area contributed by atoms with Crippen LogP contribution in [0.3, 0.4) is 0 Å². The Morgan fingerprint density at radius 1 is 1.05 bits per heavy atom. The maximum Gasteiger partial charge on any atom is 0.105 e. The van der Waals surface area contributed by atoms with Crippen molar-refractivity contribution in [1.82, 2.24) is 4.98 Å². The lowest BCUT2D eigenvalue weighted by Crippen LogP contribution is -2.01. The van der Waals surface area contributed by atoms with Crippen molar-refractivity contribution in [1.29, 1.82) is 0 Å². The van der Waals surface area contributed by atoms with Crippen molar-refractivity contribution < 1.29 is 5.11 Å². The van der Waals surface area contributed by atoms with Crippen LogP contribution >= 0.6 is 0 Å². The van der Waals surface area contributed by atoms with Crippen molar-refractivity contribution in [3.05, 3.63) is 77.5 Å². The lowest BCUT2D eigenvalue weighted by molar-refractivity contribution is 0.222. The highest BCUT2D eigenvalue weighted by Crippen LogP contribution is 2.28. The Bertz CT molecular complexity index is 746. The van der Waals surface area contributed by atoms with Gasteiger partial charge in [-0.1, -0.05) is 55.8 Å². The molecule has 0 amide bonds. The second-order valence-corrected chi connectivity index (χ2v) is 5.31. The molecule has 0 saturated heterocycles. The lowest BCUT2D eigenvalue weighted by atomic mass is 9.96. The molecule has 1 N–H and O–H groups in total. The zero-order valence-corrected chi connectivity index (χ0v) is 12.2. The Balaban J connectivity index is 2.04. The third kappa shape index (κ3) is 2.81. The van der Waals surface area contributed by atoms with Gasteiger partial charge in [0.25, 0.3) is 0 Å². The third-order valence-electron chi connectivity index (χ3n) is 3.78. The summed E-state index contributed by atoms with van der Waals surface area (Å²) in [4.78, 5) is 4.35. The summed E-state index contributed by atoms with van der Waals surface area (Å²) in [6.45, 7) is 2.17. The van der Waals surface area contributed by atoms with Crippen molar-refractivity contribution in [3.8, 4) is 0 Å². The smallest absolute Gasteiger partial charge is 0.105 e. The van der Waals surface area contributed by atoms with Gasteiger partial charge in [0.1, 0.15) is 6.10 Å². The largest absolute Gasteiger partial charge is 0.384 e. The maximum atomic E-state index is 10.8. The molecule has 0 saturated carbocycles. The normalized spacial score (nSPS) is 12.5. The lowest BCUT2D eigenvalue weighted by Gasteiger charge is -2.15. The number of nitrogens with zero attached hydrogens (tertiary/aromatic N) is 1. The number of rotatable bonds is 4. The number of pyridine rings is 1. The van der Waals surface area contributed by atoms with Gasteiger partial charge in [0, 0.05) is 11.6 Å². The van der Waals surface area contributed by atoms with Crippen molar-refractivity contribution in [2.24, 2.45) is 0 Å². The molecule has 2 heteroatoms. The number of hydrogen-bond acceptors (Lipinski definition) is 2. The highest BCUT2D eigenvalue weighted by Gasteiger charge is 2.14. The fourth-order valence-electron chi connectivity index (χ4n) is 2.75. The molecule has 0 aliphatic heterocycles. The molecule has 1 aromatic heterocycles. The molecule has 106 valence electrons. The Morgan fingerprint density at radius 2 is 1.90 bits per heavy atom. The molecule has 2 aromatic carbocycles. The molecule has 21 heavy (non-hydrogen) atoms. The van der Waals surface area contributed by atoms with Crippen LogP contribution in [-0.2, 0) is 6.42 Å². The molecular weight excluding hydrogens is 258 g/mol. The molecule has 3 aromatic rings. The van der Waals surface area contributed by atoms with Gasteiger partial charge in [0.2, 0.25) is 0 Å². The molecule has 0 aliphatic carbocycles. The van der Waals surface area contributed by atoms with Crippen LogP contribution in [0.25, 0.3) is 10.9 Å². The van der Waals surface area contributed by atoms with E-state index in [1.807, 2.05) is 42.5 Å². The summed E-state index contributed by atoms with van der Waals surface area (Å²) in [6, 6.07) is 18.0. The monoisotopic (exact) mass is 277 g/mol. The summed E-state index contributed by atoms with van der Waals surface area (Å²) < 4.78 is 0. The van der Waals surface area contributed by atoms with E-state index in [0.29, 0.717) is 0 Å². The molecule has 2 nitrogen and oxygen atoms in total. The van der Waals surface area contributed by atoms with E-state index in [1.165, 1.54) is 5.56 Å². The summed E-state index contributed by atoms with van der Waals surface area (Å²) in [5.74, 6) is 0. The summed E-state index contributed by atoms with van der Waals surface area (Å²) in [5, 5.41) is 11.8. The molecule has 1 unspecified atom stereocenters. The van der Waals surface area contributed by atoms with Gasteiger partial charge >= 0.3 is 0 Å². The van der Waals surface area contributed by atoms with Gasteiger partial charge in [-0.15, -0.1) is 0 Å². The first-order valence-electron chi connectivity index (χ1n) is 7.40. The molecule has 0 fully saturated rings. The highest BCUT2D eigenvalue weighted by atomic mass is 16.3. The van der Waals surface area contributed by atoms with Gasteiger partial charge < -0.3 is 5.11 Å². The number of aromatic nitrogens is 1. The van der Waals surface area contributed by atoms with Crippen LogP contribution in [0, 0.1) is 0 Å². The van der Waals surface area contributed by atoms with Crippen LogP contribution in [0.1, 0.15) is 36.1 Å². The fourth-order valence-corrected chi connectivity index (χ4v) is 2.75. The summed E-state index contributed by atoms with van der Waals surface area (Å²) in [6.07, 6.45) is 3.31. The average molecular weight is 277 g/mol.